The number of sulfonamides is 1. The largest absolute Gasteiger partial charge is 0.319 e. The van der Waals surface area contributed by atoms with Crippen molar-refractivity contribution in [3.63, 3.8) is 0 Å². The molecule has 1 aromatic heterocycles. The third-order valence-electron chi connectivity index (χ3n) is 4.53. The molecular formula is C21H21Cl2N3O7S. The molecule has 0 bridgehead atoms. The minimum absolute atomic E-state index is 0.0972. The molecule has 182 valence electrons. The van der Waals surface area contributed by atoms with E-state index in [-0.39, 0.29) is 22.4 Å². The Morgan fingerprint density at radius 1 is 0.971 bits per heavy atom. The summed E-state index contributed by atoms with van der Waals surface area (Å²) in [6.45, 7) is 3.99. The number of anilines is 1. The van der Waals surface area contributed by atoms with Crippen molar-refractivity contribution in [1.29, 1.82) is 0 Å². The van der Waals surface area contributed by atoms with Crippen LogP contribution < -0.4 is 33.7 Å². The van der Waals surface area contributed by atoms with Crippen molar-refractivity contribution in [2.75, 3.05) is 5.32 Å². The van der Waals surface area contributed by atoms with Gasteiger partial charge in [0.2, 0.25) is 16.6 Å². The number of benzene rings is 2. The Kier molecular flexibility index (Phi) is 9.11. The van der Waals surface area contributed by atoms with E-state index in [2.05, 4.69) is 5.32 Å². The van der Waals surface area contributed by atoms with Gasteiger partial charge in [0.05, 0.1) is 15.6 Å². The van der Waals surface area contributed by atoms with Gasteiger partial charge in [-0.15, -0.1) is 10.2 Å². The normalized spacial score (nSPS) is 11.4. The van der Waals surface area contributed by atoms with Gasteiger partial charge >= 0.3 is 0 Å². The molecule has 0 spiro atoms. The van der Waals surface area contributed by atoms with Crippen molar-refractivity contribution >= 4 is 33.2 Å². The second kappa shape index (κ2) is 11.2. The fraction of sp³-hybridized carbons (Fsp3) is 0.143. The summed E-state index contributed by atoms with van der Waals surface area (Å²) >= 11 is 6.09. The van der Waals surface area contributed by atoms with Crippen LogP contribution in [0, 0.1) is 24.1 Å². The summed E-state index contributed by atoms with van der Waals surface area (Å²) < 4.78 is 58.7. The number of halogens is 2. The van der Waals surface area contributed by atoms with Gasteiger partial charge in [0, 0.05) is 26.0 Å². The number of nitrogens with zero attached hydrogens (tertiary/aromatic N) is 1. The first kappa shape index (κ1) is 27.6. The molecule has 0 aliphatic carbocycles. The topological polar surface area (TPSA) is 185 Å². The van der Waals surface area contributed by atoms with Gasteiger partial charge in [0.15, 0.2) is 11.4 Å². The molecule has 1 heterocycles. The standard InChI is InChI=1S/C21H20ClN3O3S.ClHO4/c1-14-10-17(16-6-4-3-5-7-16)11-15(2)25(14)13-21(26)24-20-9-8-18(12-19(20)22)29(23,27)28;2-1(3,4)5/h3-12H,13H2,1-2H3,(H2-,23,24,26,27,28);(H,2,3,4,5). The zero-order chi connectivity index (χ0) is 25.7. The lowest BCUT2D eigenvalue weighted by Crippen LogP contribution is -2.68. The molecular weight excluding hydrogens is 509 g/mol. The first-order valence-corrected chi connectivity index (χ1v) is 12.6. The van der Waals surface area contributed by atoms with Crippen LogP contribution in [0.2, 0.25) is 5.02 Å². The molecule has 0 radical (unpaired) electrons. The molecule has 0 aliphatic heterocycles. The second-order valence-corrected chi connectivity index (χ2v) is 9.82. The van der Waals surface area contributed by atoms with E-state index >= 15 is 0 Å². The quantitative estimate of drug-likeness (QED) is 0.374. The number of pyridine rings is 1. The number of carbonyl (C=O) groups excluding carboxylic acids is 1. The molecule has 0 aliphatic rings. The number of aromatic nitrogens is 1. The van der Waals surface area contributed by atoms with Crippen LogP contribution >= 0.6 is 11.6 Å². The van der Waals surface area contributed by atoms with Crippen molar-refractivity contribution in [1.82, 2.24) is 0 Å². The number of hydrogen-bond acceptors (Lipinski definition) is 7. The lowest BCUT2D eigenvalue weighted by atomic mass is 10.0. The minimum atomic E-state index is -4.94. The van der Waals surface area contributed by atoms with Gasteiger partial charge in [-0.2, -0.15) is 4.57 Å². The van der Waals surface area contributed by atoms with E-state index in [0.717, 1.165) is 22.5 Å². The van der Waals surface area contributed by atoms with E-state index in [0.29, 0.717) is 5.69 Å². The summed E-state index contributed by atoms with van der Waals surface area (Å²) in [4.78, 5) is 12.4. The second-order valence-electron chi connectivity index (χ2n) is 7.09. The number of carbonyl (C=O) groups is 1. The summed E-state index contributed by atoms with van der Waals surface area (Å²) in [5, 5.41) is 7.90. The predicted octanol–water partition coefficient (Wildman–Crippen LogP) is -1.56. The zero-order valence-corrected chi connectivity index (χ0v) is 20.4. The lowest BCUT2D eigenvalue weighted by molar-refractivity contribution is -2.00. The highest BCUT2D eigenvalue weighted by Gasteiger charge is 2.19. The molecule has 10 nitrogen and oxygen atoms in total. The SMILES string of the molecule is Cc1cc(-c2ccccc2)cc(C)[n+]1CC(=O)Nc1ccc(S(N)(=O)=O)cc1Cl.[O-][Cl+3]([O-])([O-])[O-]. The Labute approximate surface area is 203 Å². The third-order valence-corrected chi connectivity index (χ3v) is 5.76. The van der Waals surface area contributed by atoms with Crippen LogP contribution in [-0.2, 0) is 21.4 Å². The van der Waals surface area contributed by atoms with Crippen molar-refractivity contribution in [2.24, 2.45) is 5.14 Å². The van der Waals surface area contributed by atoms with Gasteiger partial charge in [-0.05, 0) is 29.3 Å². The molecule has 0 unspecified atom stereocenters. The molecule has 3 aromatic rings. The Morgan fingerprint density at radius 3 is 1.97 bits per heavy atom. The fourth-order valence-electron chi connectivity index (χ4n) is 3.08. The molecule has 0 saturated carbocycles. The van der Waals surface area contributed by atoms with Crippen LogP contribution in [0.1, 0.15) is 11.4 Å². The third kappa shape index (κ3) is 8.63. The van der Waals surface area contributed by atoms with Gasteiger partial charge in [0.25, 0.3) is 5.91 Å². The van der Waals surface area contributed by atoms with Crippen LogP contribution in [0.5, 0.6) is 0 Å². The highest BCUT2D eigenvalue weighted by atomic mass is 35.7. The molecule has 3 rings (SSSR count). The van der Waals surface area contributed by atoms with Crippen LogP contribution in [0.15, 0.2) is 65.6 Å². The predicted molar refractivity (Wildman–Crippen MR) is 113 cm³/mol. The average molecular weight is 530 g/mol. The summed E-state index contributed by atoms with van der Waals surface area (Å²) in [7, 11) is -8.80. The highest BCUT2D eigenvalue weighted by molar-refractivity contribution is 7.89. The number of nitrogens with two attached hydrogens (primary N) is 1. The Balaban J connectivity index is 0.000000739. The number of primary sulfonamides is 1. The number of aryl methyl sites for hydroxylation is 2. The summed E-state index contributed by atoms with van der Waals surface area (Å²) in [5.74, 6) is -0.279. The molecule has 0 fully saturated rings. The molecule has 34 heavy (non-hydrogen) atoms. The molecule has 13 heteroatoms. The molecule has 2 aromatic carbocycles. The maximum Gasteiger partial charge on any atom is 0.290 e. The van der Waals surface area contributed by atoms with Gasteiger partial charge < -0.3 is 5.32 Å². The maximum absolute atomic E-state index is 12.5. The summed E-state index contributed by atoms with van der Waals surface area (Å²) in [6, 6.07) is 18.0. The molecule has 0 saturated heterocycles. The zero-order valence-electron chi connectivity index (χ0n) is 18.0. The number of amides is 1. The van der Waals surface area contributed by atoms with Gasteiger partial charge in [-0.1, -0.05) is 41.9 Å². The average Bonchev–Trinajstić information content (AvgIpc) is 2.71. The van der Waals surface area contributed by atoms with Gasteiger partial charge in [-0.25, -0.2) is 32.2 Å². The van der Waals surface area contributed by atoms with Crippen LogP contribution in [0.25, 0.3) is 11.1 Å². The minimum Gasteiger partial charge on any atom is -0.319 e. The Hall–Kier alpha value is -2.61. The Morgan fingerprint density at radius 2 is 1.50 bits per heavy atom. The molecule has 0 atom stereocenters. The lowest BCUT2D eigenvalue weighted by Gasteiger charge is -2.17. The summed E-state index contributed by atoms with van der Waals surface area (Å²) in [6.07, 6.45) is 0. The van der Waals surface area contributed by atoms with E-state index in [1.165, 1.54) is 18.2 Å². The Bertz CT molecular complexity index is 1250. The number of hydrogen-bond donors (Lipinski definition) is 2. The van der Waals surface area contributed by atoms with E-state index < -0.39 is 20.3 Å². The van der Waals surface area contributed by atoms with Crippen LogP contribution in [-0.4, -0.2) is 14.3 Å². The molecule has 1 amide bonds. The first-order chi connectivity index (χ1) is 15.6. The number of nitrogens with one attached hydrogen (secondary N) is 1. The maximum atomic E-state index is 12.5. The summed E-state index contributed by atoms with van der Waals surface area (Å²) in [5.41, 5.74) is 4.39. The smallest absolute Gasteiger partial charge is 0.290 e. The van der Waals surface area contributed by atoms with E-state index in [4.69, 9.17) is 35.4 Å². The van der Waals surface area contributed by atoms with E-state index in [1.54, 1.807) is 0 Å². The number of rotatable bonds is 5. The molecule has 3 N–H and O–H groups in total. The van der Waals surface area contributed by atoms with E-state index in [9.17, 15) is 13.2 Å². The van der Waals surface area contributed by atoms with E-state index in [1.807, 2.05) is 60.9 Å². The van der Waals surface area contributed by atoms with Gasteiger partial charge in [-0.3, -0.25) is 4.79 Å². The first-order valence-electron chi connectivity index (χ1n) is 9.45. The van der Waals surface area contributed by atoms with Crippen LogP contribution in [0.4, 0.5) is 5.69 Å². The monoisotopic (exact) mass is 529 g/mol. The highest BCUT2D eigenvalue weighted by Crippen LogP contribution is 2.25. The van der Waals surface area contributed by atoms with Crippen molar-refractivity contribution in [2.45, 2.75) is 25.3 Å². The van der Waals surface area contributed by atoms with Gasteiger partial charge in [0.1, 0.15) is 0 Å². The fourth-order valence-corrected chi connectivity index (χ4v) is 3.91. The van der Waals surface area contributed by atoms with Crippen LogP contribution in [0.3, 0.4) is 0 Å². The van der Waals surface area contributed by atoms with Crippen molar-refractivity contribution < 1.29 is 46.7 Å². The van der Waals surface area contributed by atoms with Crippen molar-refractivity contribution in [3.05, 3.63) is 77.1 Å². The van der Waals surface area contributed by atoms with Crippen molar-refractivity contribution in [3.8, 4) is 11.1 Å².